The lowest BCUT2D eigenvalue weighted by molar-refractivity contribution is -0.0589. The number of fused-ring (bicyclic) bond motifs is 7. The van der Waals surface area contributed by atoms with Gasteiger partial charge in [-0.05, 0) is 85.2 Å². The van der Waals surface area contributed by atoms with Crippen molar-refractivity contribution < 1.29 is 24.1 Å². The maximum absolute atomic E-state index is 12.0. The summed E-state index contributed by atoms with van der Waals surface area (Å²) in [6, 6.07) is 17.5. The van der Waals surface area contributed by atoms with Crippen LogP contribution in [0.25, 0.3) is 22.3 Å². The molecule has 2 aliphatic rings. The summed E-state index contributed by atoms with van der Waals surface area (Å²) in [4.78, 5) is 26.2. The topological polar surface area (TPSA) is 132 Å². The SMILES string of the molecule is COc1cc(C(=O)O)cc2c1nc(Cc1cc(C)c3cc1CCCc1cc(C#N)ncc1COc1cccc-3n1)n2C[C@@H]1CCO1. The first kappa shape index (κ1) is 29.4. The number of ether oxygens (including phenoxy) is 3. The molecule has 1 fully saturated rings. The van der Waals surface area contributed by atoms with E-state index < -0.39 is 5.97 Å². The molecule has 10 nitrogen and oxygen atoms in total. The van der Waals surface area contributed by atoms with Gasteiger partial charge in [-0.1, -0.05) is 12.1 Å². The minimum Gasteiger partial charge on any atom is -0.494 e. The standard InChI is InChI=1S/C36H33N5O5/c1-21-11-24(16-33-40-35-31(41(33)19-28-9-10-45-28)14-25(36(42)43)15-32(35)44-2)23-6-3-5-22-12-27(17-37)38-18-26(22)20-46-34-8-4-7-30(39-34)29(21)13-23/h4,7-8,11-15,18,28H,3,5-6,9-10,16,19-20H2,1-2H3,(H,42,43)/t28-/m0/s1. The fraction of sp³-hybridized carbons (Fsp3) is 0.306. The highest BCUT2D eigenvalue weighted by Gasteiger charge is 2.25. The number of benzene rings is 2. The number of carbonyl (C=O) groups is 1. The molecule has 0 radical (unpaired) electrons. The first-order valence-electron chi connectivity index (χ1n) is 15.4. The van der Waals surface area contributed by atoms with Crippen molar-refractivity contribution in [3.63, 3.8) is 0 Å². The summed E-state index contributed by atoms with van der Waals surface area (Å²) in [6.45, 7) is 3.71. The number of aryl methyl sites for hydroxylation is 3. The van der Waals surface area contributed by atoms with Crippen molar-refractivity contribution >= 4 is 17.0 Å². The van der Waals surface area contributed by atoms with Gasteiger partial charge < -0.3 is 23.9 Å². The lowest BCUT2D eigenvalue weighted by Crippen LogP contribution is -2.31. The number of pyridine rings is 2. The molecule has 1 saturated heterocycles. The third-order valence-corrected chi connectivity index (χ3v) is 8.90. The van der Waals surface area contributed by atoms with E-state index in [9.17, 15) is 15.2 Å². The van der Waals surface area contributed by atoms with Gasteiger partial charge in [0.15, 0.2) is 0 Å². The Labute approximate surface area is 266 Å². The Morgan fingerprint density at radius 1 is 1.13 bits per heavy atom. The van der Waals surface area contributed by atoms with Crippen LogP contribution in [-0.2, 0) is 37.2 Å². The van der Waals surface area contributed by atoms with Gasteiger partial charge in [0.05, 0.1) is 36.5 Å². The quantitative estimate of drug-likeness (QED) is 0.251. The summed E-state index contributed by atoms with van der Waals surface area (Å²) in [7, 11) is 1.53. The maximum atomic E-state index is 12.0. The Bertz CT molecular complexity index is 2020. The zero-order valence-electron chi connectivity index (χ0n) is 25.7. The van der Waals surface area contributed by atoms with Gasteiger partial charge in [-0.25, -0.2) is 19.7 Å². The van der Waals surface area contributed by atoms with Crippen molar-refractivity contribution in [2.24, 2.45) is 0 Å². The van der Waals surface area contributed by atoms with E-state index >= 15 is 0 Å². The molecule has 10 heteroatoms. The zero-order chi connectivity index (χ0) is 31.8. The molecule has 2 aromatic carbocycles. The molecular formula is C36H33N5O5. The normalized spacial score (nSPS) is 15.7. The molecule has 232 valence electrons. The lowest BCUT2D eigenvalue weighted by Gasteiger charge is -2.27. The van der Waals surface area contributed by atoms with Crippen molar-refractivity contribution in [3.8, 4) is 29.0 Å². The summed E-state index contributed by atoms with van der Waals surface area (Å²) in [5.74, 6) is 0.758. The van der Waals surface area contributed by atoms with Crippen LogP contribution in [0.2, 0.25) is 0 Å². The molecule has 5 aromatic rings. The average molecular weight is 616 g/mol. The first-order valence-corrected chi connectivity index (χ1v) is 15.4. The molecule has 0 saturated carbocycles. The molecule has 0 amide bonds. The molecule has 46 heavy (non-hydrogen) atoms. The molecular weight excluding hydrogens is 582 g/mol. The van der Waals surface area contributed by atoms with Gasteiger partial charge in [0, 0.05) is 36.4 Å². The molecule has 2 aliphatic heterocycles. The number of carboxylic acids is 1. The Morgan fingerprint density at radius 3 is 2.74 bits per heavy atom. The van der Waals surface area contributed by atoms with E-state index in [4.69, 9.17) is 24.2 Å². The van der Waals surface area contributed by atoms with Gasteiger partial charge in [-0.3, -0.25) is 0 Å². The fourth-order valence-electron chi connectivity index (χ4n) is 6.36. The highest BCUT2D eigenvalue weighted by Crippen LogP contribution is 2.33. The molecule has 1 N–H and O–H groups in total. The molecule has 0 aliphatic carbocycles. The van der Waals surface area contributed by atoms with Gasteiger partial charge in [0.25, 0.3) is 0 Å². The first-order chi connectivity index (χ1) is 22.4. The minimum absolute atomic E-state index is 0.0436. The second-order valence-electron chi connectivity index (χ2n) is 11.8. The van der Waals surface area contributed by atoms with Crippen LogP contribution in [0.15, 0.2) is 54.7 Å². The number of hydrogen-bond donors (Lipinski definition) is 1. The van der Waals surface area contributed by atoms with Crippen molar-refractivity contribution in [2.45, 2.75) is 58.3 Å². The highest BCUT2D eigenvalue weighted by atomic mass is 16.5. The van der Waals surface area contributed by atoms with E-state index in [0.717, 1.165) is 77.1 Å². The van der Waals surface area contributed by atoms with Gasteiger partial charge >= 0.3 is 5.97 Å². The second-order valence-corrected chi connectivity index (χ2v) is 11.8. The summed E-state index contributed by atoms with van der Waals surface area (Å²) >= 11 is 0. The lowest BCUT2D eigenvalue weighted by atomic mass is 9.91. The number of nitrogens with zero attached hydrogens (tertiary/aromatic N) is 5. The molecule has 0 unspecified atom stereocenters. The maximum Gasteiger partial charge on any atom is 0.335 e. The van der Waals surface area contributed by atoms with Crippen LogP contribution in [0.1, 0.15) is 62.5 Å². The predicted molar refractivity (Wildman–Crippen MR) is 170 cm³/mol. The summed E-state index contributed by atoms with van der Waals surface area (Å²) in [6.07, 6.45) is 5.66. The number of aromatic carboxylic acids is 1. The van der Waals surface area contributed by atoms with Crippen LogP contribution < -0.4 is 9.47 Å². The number of methoxy groups -OCH3 is 1. The largest absolute Gasteiger partial charge is 0.494 e. The Morgan fingerprint density at radius 2 is 1.98 bits per heavy atom. The molecule has 7 rings (SSSR count). The number of aromatic nitrogens is 4. The van der Waals surface area contributed by atoms with Crippen LogP contribution in [-0.4, -0.2) is 50.4 Å². The zero-order valence-corrected chi connectivity index (χ0v) is 25.7. The fourth-order valence-corrected chi connectivity index (χ4v) is 6.36. The minimum atomic E-state index is -1.02. The average Bonchev–Trinajstić information content (AvgIpc) is 3.38. The van der Waals surface area contributed by atoms with E-state index in [1.807, 2.05) is 24.3 Å². The Kier molecular flexibility index (Phi) is 7.84. The summed E-state index contributed by atoms with van der Waals surface area (Å²) in [5, 5.41) is 19.3. The van der Waals surface area contributed by atoms with E-state index in [1.165, 1.54) is 18.7 Å². The van der Waals surface area contributed by atoms with Crippen molar-refractivity contribution in [3.05, 3.63) is 99.6 Å². The van der Waals surface area contributed by atoms with Gasteiger partial charge in [-0.15, -0.1) is 0 Å². The van der Waals surface area contributed by atoms with Gasteiger partial charge in [-0.2, -0.15) is 5.26 Å². The molecule has 1 atom stereocenters. The predicted octanol–water partition coefficient (Wildman–Crippen LogP) is 5.83. The number of imidazole rings is 1. The van der Waals surface area contributed by atoms with Crippen LogP contribution >= 0.6 is 0 Å². The molecule has 5 heterocycles. The van der Waals surface area contributed by atoms with E-state index in [1.54, 1.807) is 12.3 Å². The third-order valence-electron chi connectivity index (χ3n) is 8.90. The summed E-state index contributed by atoms with van der Waals surface area (Å²) in [5.41, 5.74) is 9.15. The van der Waals surface area contributed by atoms with Crippen LogP contribution in [0, 0.1) is 18.3 Å². The van der Waals surface area contributed by atoms with Crippen LogP contribution in [0.4, 0.5) is 0 Å². The molecule has 3 aromatic heterocycles. The smallest absolute Gasteiger partial charge is 0.335 e. The number of nitriles is 1. The third kappa shape index (κ3) is 5.66. The van der Waals surface area contributed by atoms with E-state index in [2.05, 4.69) is 34.7 Å². The second kappa shape index (κ2) is 12.3. The van der Waals surface area contributed by atoms with Crippen molar-refractivity contribution in [2.75, 3.05) is 13.7 Å². The van der Waals surface area contributed by atoms with Crippen molar-refractivity contribution in [1.29, 1.82) is 5.26 Å². The van der Waals surface area contributed by atoms with Gasteiger partial charge in [0.1, 0.15) is 35.5 Å². The number of carboxylic acid groups (broad SMARTS) is 1. The Balaban J connectivity index is 1.33. The van der Waals surface area contributed by atoms with E-state index in [-0.39, 0.29) is 11.7 Å². The van der Waals surface area contributed by atoms with Crippen molar-refractivity contribution in [1.82, 2.24) is 19.5 Å². The van der Waals surface area contributed by atoms with Crippen LogP contribution in [0.5, 0.6) is 11.6 Å². The van der Waals surface area contributed by atoms with Crippen LogP contribution in [0.3, 0.4) is 0 Å². The molecule has 0 spiro atoms. The van der Waals surface area contributed by atoms with E-state index in [0.29, 0.717) is 42.4 Å². The van der Waals surface area contributed by atoms with Gasteiger partial charge in [0.2, 0.25) is 5.88 Å². The summed E-state index contributed by atoms with van der Waals surface area (Å²) < 4.78 is 19.6. The monoisotopic (exact) mass is 615 g/mol. The number of hydrogen-bond acceptors (Lipinski definition) is 8. The molecule has 4 bridgehead atoms. The number of rotatable bonds is 6. The highest BCUT2D eigenvalue weighted by molar-refractivity contribution is 5.95. The Hall–Kier alpha value is -5.27.